The molecule has 0 aliphatic carbocycles. The number of fused-ring (bicyclic) bond motifs is 12. The number of hydrogen-bond acceptors (Lipinski definition) is 2. The molecule has 0 bridgehead atoms. The molecule has 4 heterocycles. The molecule has 22 rings (SSSR count). The molecular formula is C111H87BN4. The van der Waals surface area contributed by atoms with Crippen LogP contribution in [0.5, 0.6) is 0 Å². The normalized spacial score (nSPS) is 12.9. The van der Waals surface area contributed by atoms with Crippen molar-refractivity contribution >= 4 is 133 Å². The van der Waals surface area contributed by atoms with Gasteiger partial charge in [-0.25, -0.2) is 0 Å². The van der Waals surface area contributed by atoms with Gasteiger partial charge >= 0.3 is 0 Å². The van der Waals surface area contributed by atoms with Crippen LogP contribution >= 0.6 is 0 Å². The van der Waals surface area contributed by atoms with Crippen LogP contribution in [0.1, 0.15) is 69.4 Å². The maximum atomic E-state index is 2.79. The van der Waals surface area contributed by atoms with Gasteiger partial charge in [0.25, 0.3) is 6.71 Å². The van der Waals surface area contributed by atoms with Crippen molar-refractivity contribution in [3.05, 3.63) is 386 Å². The second-order valence-corrected chi connectivity index (χ2v) is 34.5. The molecule has 2 aromatic heterocycles. The molecule has 20 aromatic rings. The summed E-state index contributed by atoms with van der Waals surface area (Å²) in [5.41, 5.74) is 33.7. The van der Waals surface area contributed by atoms with Gasteiger partial charge in [-0.1, -0.05) is 345 Å². The fraction of sp³-hybridized carbons (Fsp3) is 0.117. The van der Waals surface area contributed by atoms with Gasteiger partial charge in [0, 0.05) is 80.6 Å². The van der Waals surface area contributed by atoms with Gasteiger partial charge in [0.1, 0.15) is 0 Å². The lowest BCUT2D eigenvalue weighted by Gasteiger charge is -2.45. The van der Waals surface area contributed by atoms with Gasteiger partial charge in [0.05, 0.1) is 11.0 Å². The molecule has 116 heavy (non-hydrogen) atoms. The molecule has 0 atom stereocenters. The molecule has 2 aliphatic heterocycles. The average Bonchev–Trinajstić information content (AvgIpc) is 0.762. The van der Waals surface area contributed by atoms with Gasteiger partial charge in [-0.2, -0.15) is 0 Å². The molecular weight excluding hydrogens is 1400 g/mol. The zero-order valence-electron chi connectivity index (χ0n) is 66.5. The van der Waals surface area contributed by atoms with E-state index in [0.717, 1.165) is 18.5 Å². The number of anilines is 4. The zero-order chi connectivity index (χ0) is 77.7. The van der Waals surface area contributed by atoms with E-state index in [1.807, 2.05) is 0 Å². The van der Waals surface area contributed by atoms with E-state index in [2.05, 4.69) is 418 Å². The van der Waals surface area contributed by atoms with Crippen molar-refractivity contribution < 1.29 is 0 Å². The quantitative estimate of drug-likeness (QED) is 0.0613. The third-order valence-electron chi connectivity index (χ3n) is 25.7. The summed E-state index contributed by atoms with van der Waals surface area (Å²) in [6.45, 7) is 16.0. The van der Waals surface area contributed by atoms with Crippen LogP contribution in [0.4, 0.5) is 22.7 Å². The van der Waals surface area contributed by atoms with Crippen molar-refractivity contribution in [3.8, 4) is 61.3 Å². The summed E-state index contributed by atoms with van der Waals surface area (Å²) < 4.78 is 5.12. The van der Waals surface area contributed by atoms with Crippen LogP contribution in [0.2, 0.25) is 0 Å². The summed E-state index contributed by atoms with van der Waals surface area (Å²) in [6.07, 6.45) is 1.51. The Morgan fingerprint density at radius 2 is 0.681 bits per heavy atom. The smallest absolute Gasteiger partial charge is 0.252 e. The van der Waals surface area contributed by atoms with Crippen molar-refractivity contribution in [3.63, 3.8) is 0 Å². The van der Waals surface area contributed by atoms with E-state index >= 15 is 0 Å². The maximum Gasteiger partial charge on any atom is 0.252 e. The molecule has 0 saturated carbocycles. The Bertz CT molecular complexity index is 7040. The molecule has 0 unspecified atom stereocenters. The Balaban J connectivity index is 0.831. The van der Waals surface area contributed by atoms with Crippen LogP contribution in [0.3, 0.4) is 0 Å². The van der Waals surface area contributed by atoms with Crippen molar-refractivity contribution in [1.29, 1.82) is 0 Å². The maximum absolute atomic E-state index is 2.79. The third-order valence-corrected chi connectivity index (χ3v) is 25.7. The highest BCUT2D eigenvalue weighted by Crippen LogP contribution is 2.49. The molecule has 0 saturated heterocycles. The Kier molecular flexibility index (Phi) is 16.2. The number of hydrogen-bond donors (Lipinski definition) is 0. The fourth-order valence-electron chi connectivity index (χ4n) is 20.2. The van der Waals surface area contributed by atoms with Gasteiger partial charge in [-0.15, -0.1) is 0 Å². The second-order valence-electron chi connectivity index (χ2n) is 34.5. The number of nitrogens with zero attached hydrogens (tertiary/aromatic N) is 4. The molecule has 554 valence electrons. The number of aromatic nitrogens is 2. The molecule has 2 aliphatic rings. The zero-order valence-corrected chi connectivity index (χ0v) is 66.5. The van der Waals surface area contributed by atoms with Crippen LogP contribution in [0.25, 0.3) is 148 Å². The summed E-state index contributed by atoms with van der Waals surface area (Å²) >= 11 is 0. The Morgan fingerprint density at radius 1 is 0.276 bits per heavy atom. The van der Waals surface area contributed by atoms with E-state index in [0.29, 0.717) is 19.6 Å². The highest BCUT2D eigenvalue weighted by Gasteiger charge is 2.44. The van der Waals surface area contributed by atoms with Gasteiger partial charge in [0.2, 0.25) is 0 Å². The lowest BCUT2D eigenvalue weighted by Crippen LogP contribution is -2.62. The number of para-hydroxylation sites is 4. The topological polar surface area (TPSA) is 16.3 Å². The van der Waals surface area contributed by atoms with Crippen molar-refractivity contribution in [2.45, 2.75) is 71.8 Å². The molecule has 0 amide bonds. The molecule has 4 nitrogen and oxygen atoms in total. The van der Waals surface area contributed by atoms with Crippen molar-refractivity contribution in [2.24, 2.45) is 0 Å². The standard InChI is InChI=1S/C111H87BN4/c1-110(2,3)78-65-93(72-30-11-7-12-31-72)82(94(66-78)73-32-13-8-14-33-73)58-60-113-103-57-52-77(81-54-55-92-90-45-28-39-76-38-27-44-89(107(76)90)91-47-29-46-88(81)108(91)92)64-98(103)112-97-56-53-80(116-101-50-25-21-42-86(101)87-43-22-26-51-102(87)116)69-104(97)114(106-63-71(62-105(113)109(106)112)70-115-99-48-23-19-40-84(99)85-41-20-24-49-100(85)115)61-59-83-95(74-34-15-9-16-35-74)67-79(111(4,5)6)68-96(83)75-36-17-10-18-37-75/h7-57,62-69H,58-61,70H2,1-6H3. The first-order valence-corrected chi connectivity index (χ1v) is 41.4. The van der Waals surface area contributed by atoms with Gasteiger partial charge in [-0.05, 0) is 221 Å². The van der Waals surface area contributed by atoms with E-state index in [4.69, 9.17) is 0 Å². The molecule has 0 N–H and O–H groups in total. The molecule has 0 radical (unpaired) electrons. The molecule has 0 spiro atoms. The van der Waals surface area contributed by atoms with Crippen LogP contribution in [-0.2, 0) is 30.2 Å². The van der Waals surface area contributed by atoms with Crippen molar-refractivity contribution in [1.82, 2.24) is 9.13 Å². The lowest BCUT2D eigenvalue weighted by molar-refractivity contribution is 0.590. The van der Waals surface area contributed by atoms with E-state index in [1.165, 1.54) is 209 Å². The second kappa shape index (κ2) is 27.1. The first-order valence-electron chi connectivity index (χ1n) is 41.4. The van der Waals surface area contributed by atoms with Crippen molar-refractivity contribution in [2.75, 3.05) is 22.9 Å². The van der Waals surface area contributed by atoms with E-state index in [9.17, 15) is 0 Å². The monoisotopic (exact) mass is 1490 g/mol. The minimum Gasteiger partial charge on any atom is -0.342 e. The third kappa shape index (κ3) is 11.2. The summed E-state index contributed by atoms with van der Waals surface area (Å²) in [4.78, 5) is 5.57. The minimum atomic E-state index is -0.187. The Labute approximate surface area is 678 Å². The summed E-state index contributed by atoms with van der Waals surface area (Å²) in [5, 5.41) is 15.4. The average molecular weight is 1490 g/mol. The van der Waals surface area contributed by atoms with E-state index in [1.54, 1.807) is 0 Å². The SMILES string of the molecule is CC(C)(C)c1cc(-c2ccccc2)c(CCN2c3ccc(-c4ccc5c6cccc7cccc(c8cccc4c85)c76)cc3B3c4ccc(-n5c6ccccc6c6ccccc65)cc4N(CCc4c(-c5ccccc5)cc(C(C)(C)C)cc4-c4ccccc4)c4cc(Cn5c6ccccc6c6ccccc65)cc2c43)c(-c2ccccc2)c1. The number of rotatable bonds is 14. The minimum absolute atomic E-state index is 0.114. The molecule has 18 aromatic carbocycles. The first-order chi connectivity index (χ1) is 56.8. The highest BCUT2D eigenvalue weighted by molar-refractivity contribution is 7.00. The highest BCUT2D eigenvalue weighted by atomic mass is 15.2. The summed E-state index contributed by atoms with van der Waals surface area (Å²) in [7, 11) is 0. The fourth-order valence-corrected chi connectivity index (χ4v) is 20.2. The van der Waals surface area contributed by atoms with E-state index < -0.39 is 0 Å². The predicted molar refractivity (Wildman–Crippen MR) is 497 cm³/mol. The lowest BCUT2D eigenvalue weighted by atomic mass is 9.33. The van der Waals surface area contributed by atoms with Crippen LogP contribution in [0, 0.1) is 0 Å². The van der Waals surface area contributed by atoms with E-state index in [-0.39, 0.29) is 17.5 Å². The number of benzene rings is 18. The molecule has 5 heteroatoms. The molecule has 0 fully saturated rings. The Morgan fingerprint density at radius 3 is 1.16 bits per heavy atom. The first kappa shape index (κ1) is 69.3. The van der Waals surface area contributed by atoms with Gasteiger partial charge in [-0.3, -0.25) is 0 Å². The van der Waals surface area contributed by atoms with Gasteiger partial charge < -0.3 is 18.9 Å². The van der Waals surface area contributed by atoms with Crippen LogP contribution in [0.15, 0.2) is 358 Å². The summed E-state index contributed by atoms with van der Waals surface area (Å²) in [5.74, 6) is 0. The van der Waals surface area contributed by atoms with Crippen LogP contribution in [-0.4, -0.2) is 28.9 Å². The van der Waals surface area contributed by atoms with Gasteiger partial charge in [0.15, 0.2) is 0 Å². The largest absolute Gasteiger partial charge is 0.342 e. The summed E-state index contributed by atoms with van der Waals surface area (Å²) in [6, 6.07) is 137. The Hall–Kier alpha value is -13.5. The predicted octanol–water partition coefficient (Wildman–Crippen LogP) is 26.8. The van der Waals surface area contributed by atoms with Crippen LogP contribution < -0.4 is 26.2 Å².